The Hall–Kier alpha value is -1.93. The van der Waals surface area contributed by atoms with E-state index in [0.717, 1.165) is 24.2 Å². The molecule has 2 aromatic heterocycles. The molecule has 0 radical (unpaired) electrons. The quantitative estimate of drug-likeness (QED) is 0.398. The lowest BCUT2D eigenvalue weighted by Gasteiger charge is -2.17. The first kappa shape index (κ1) is 10.2. The number of nitrogen functional groups attached to an aromatic ring is 1. The van der Waals surface area contributed by atoms with Crippen molar-refractivity contribution in [2.45, 2.75) is 12.5 Å². The van der Waals surface area contributed by atoms with Crippen molar-refractivity contribution < 1.29 is 5.11 Å². The Kier molecular flexibility index (Phi) is 2.30. The third kappa shape index (κ3) is 1.67. The molecule has 90 valence electrons. The lowest BCUT2D eigenvalue weighted by Crippen LogP contribution is -2.23. The summed E-state index contributed by atoms with van der Waals surface area (Å²) in [5.41, 5.74) is 3.05. The second-order valence-electron chi connectivity index (χ2n) is 4.04. The molecule has 0 spiro atoms. The Morgan fingerprint density at radius 1 is 1.53 bits per heavy atom. The number of aliphatic hydroxyl groups is 1. The normalized spacial score (nSPS) is 20.1. The van der Waals surface area contributed by atoms with Crippen LogP contribution >= 0.6 is 0 Å². The van der Waals surface area contributed by atoms with Crippen LogP contribution in [0.15, 0.2) is 6.20 Å². The molecule has 5 N–H and O–H groups in total. The van der Waals surface area contributed by atoms with Crippen molar-refractivity contribution in [2.24, 2.45) is 5.84 Å². The van der Waals surface area contributed by atoms with Gasteiger partial charge < -0.3 is 10.0 Å². The van der Waals surface area contributed by atoms with Gasteiger partial charge in [0.2, 0.25) is 5.95 Å². The van der Waals surface area contributed by atoms with E-state index in [0.29, 0.717) is 18.1 Å². The van der Waals surface area contributed by atoms with E-state index in [1.54, 1.807) is 6.20 Å². The molecule has 3 rings (SSSR count). The van der Waals surface area contributed by atoms with Gasteiger partial charge in [-0.15, -0.1) is 0 Å². The predicted octanol–water partition coefficient (Wildman–Crippen LogP) is -0.791. The van der Waals surface area contributed by atoms with Gasteiger partial charge in [0.05, 0.1) is 17.7 Å². The molecular formula is C9H13N7O. The molecule has 17 heavy (non-hydrogen) atoms. The second kappa shape index (κ2) is 3.82. The van der Waals surface area contributed by atoms with Gasteiger partial charge in [0.1, 0.15) is 5.82 Å². The van der Waals surface area contributed by atoms with Crippen LogP contribution in [-0.2, 0) is 0 Å². The van der Waals surface area contributed by atoms with Crippen LogP contribution in [0, 0.1) is 0 Å². The summed E-state index contributed by atoms with van der Waals surface area (Å²) in [6.45, 7) is 1.34. The van der Waals surface area contributed by atoms with Crippen molar-refractivity contribution in [1.29, 1.82) is 0 Å². The van der Waals surface area contributed by atoms with Crippen LogP contribution in [-0.4, -0.2) is 44.5 Å². The summed E-state index contributed by atoms with van der Waals surface area (Å²) in [7, 11) is 0. The summed E-state index contributed by atoms with van der Waals surface area (Å²) in [5.74, 6) is 6.40. The molecule has 0 saturated carbocycles. The highest BCUT2D eigenvalue weighted by molar-refractivity contribution is 5.87. The molecule has 8 heteroatoms. The minimum absolute atomic E-state index is 0.304. The Labute approximate surface area is 96.8 Å². The maximum atomic E-state index is 9.56. The number of nitrogens with two attached hydrogens (primary N) is 1. The molecule has 3 heterocycles. The smallest absolute Gasteiger partial charge is 0.241 e. The van der Waals surface area contributed by atoms with Gasteiger partial charge in [-0.1, -0.05) is 0 Å². The number of aromatic nitrogens is 4. The number of nitrogens with zero attached hydrogens (tertiary/aromatic N) is 4. The van der Waals surface area contributed by atoms with Crippen molar-refractivity contribution >= 4 is 22.8 Å². The van der Waals surface area contributed by atoms with E-state index in [1.165, 1.54) is 0 Å². The first-order chi connectivity index (χ1) is 8.28. The topological polar surface area (TPSA) is 116 Å². The van der Waals surface area contributed by atoms with Crippen molar-refractivity contribution in [2.75, 3.05) is 23.4 Å². The predicted molar refractivity (Wildman–Crippen MR) is 62.3 cm³/mol. The van der Waals surface area contributed by atoms with E-state index in [1.807, 2.05) is 4.90 Å². The third-order valence-corrected chi connectivity index (χ3v) is 2.88. The van der Waals surface area contributed by atoms with Crippen LogP contribution < -0.4 is 16.2 Å². The van der Waals surface area contributed by atoms with Gasteiger partial charge >= 0.3 is 0 Å². The summed E-state index contributed by atoms with van der Waals surface area (Å²) >= 11 is 0. The molecule has 1 aliphatic rings. The van der Waals surface area contributed by atoms with Gasteiger partial charge in [-0.2, -0.15) is 15.1 Å². The lowest BCUT2D eigenvalue weighted by atomic mass is 10.3. The zero-order valence-electron chi connectivity index (χ0n) is 9.09. The molecule has 1 saturated heterocycles. The minimum atomic E-state index is -0.304. The van der Waals surface area contributed by atoms with Gasteiger partial charge in [-0.3, -0.25) is 10.5 Å². The fourth-order valence-electron chi connectivity index (χ4n) is 2.06. The monoisotopic (exact) mass is 235 g/mol. The van der Waals surface area contributed by atoms with E-state index in [4.69, 9.17) is 5.84 Å². The van der Waals surface area contributed by atoms with Crippen LogP contribution in [0.2, 0.25) is 0 Å². The zero-order chi connectivity index (χ0) is 11.8. The molecule has 2 aromatic rings. The van der Waals surface area contributed by atoms with E-state index >= 15 is 0 Å². The summed E-state index contributed by atoms with van der Waals surface area (Å²) in [6.07, 6.45) is 2.12. The van der Waals surface area contributed by atoms with Gasteiger partial charge in [-0.05, 0) is 6.42 Å². The van der Waals surface area contributed by atoms with Crippen molar-refractivity contribution in [3.05, 3.63) is 6.20 Å². The number of H-pyrrole nitrogens is 1. The van der Waals surface area contributed by atoms with Gasteiger partial charge in [0, 0.05) is 13.1 Å². The third-order valence-electron chi connectivity index (χ3n) is 2.88. The highest BCUT2D eigenvalue weighted by Gasteiger charge is 2.24. The van der Waals surface area contributed by atoms with Crippen LogP contribution in [0.4, 0.5) is 11.8 Å². The molecule has 1 atom stereocenters. The fraction of sp³-hybridized carbons (Fsp3) is 0.444. The number of hydrogen-bond acceptors (Lipinski definition) is 7. The second-order valence-corrected chi connectivity index (χ2v) is 4.04. The summed E-state index contributed by atoms with van der Waals surface area (Å²) < 4.78 is 0. The van der Waals surface area contributed by atoms with E-state index < -0.39 is 0 Å². The van der Waals surface area contributed by atoms with Crippen LogP contribution in [0.3, 0.4) is 0 Å². The first-order valence-electron chi connectivity index (χ1n) is 5.38. The summed E-state index contributed by atoms with van der Waals surface area (Å²) in [5, 5.41) is 17.1. The van der Waals surface area contributed by atoms with Crippen molar-refractivity contribution in [3.8, 4) is 0 Å². The molecule has 0 aromatic carbocycles. The number of hydrogen-bond donors (Lipinski definition) is 4. The number of anilines is 2. The van der Waals surface area contributed by atoms with Crippen molar-refractivity contribution in [1.82, 2.24) is 20.2 Å². The zero-order valence-corrected chi connectivity index (χ0v) is 9.09. The molecule has 0 aliphatic carbocycles. The summed E-state index contributed by atoms with van der Waals surface area (Å²) in [4.78, 5) is 10.5. The number of aliphatic hydroxyl groups excluding tert-OH is 1. The fourth-order valence-corrected chi connectivity index (χ4v) is 2.06. The largest absolute Gasteiger partial charge is 0.391 e. The maximum Gasteiger partial charge on any atom is 0.241 e. The summed E-state index contributed by atoms with van der Waals surface area (Å²) in [6, 6.07) is 0. The highest BCUT2D eigenvalue weighted by Crippen LogP contribution is 2.26. The van der Waals surface area contributed by atoms with Gasteiger partial charge in [0.15, 0.2) is 5.65 Å². The standard InChI is InChI=1S/C9H13N7O/c10-14-9-12-7-6(3-11-15-7)8(13-9)16-2-1-5(17)4-16/h3,5,17H,1-2,4,10H2,(H2,11,12,13,14,15). The number of nitrogens with one attached hydrogen (secondary N) is 2. The Morgan fingerprint density at radius 3 is 3.12 bits per heavy atom. The van der Waals surface area contributed by atoms with Crippen LogP contribution in [0.25, 0.3) is 11.0 Å². The number of hydrazine groups is 1. The number of aromatic amines is 1. The molecule has 0 bridgehead atoms. The van der Waals surface area contributed by atoms with E-state index in [2.05, 4.69) is 25.6 Å². The SMILES string of the molecule is NNc1nc(N2CCC(O)C2)c2cn[nH]c2n1. The molecule has 8 nitrogen and oxygen atoms in total. The highest BCUT2D eigenvalue weighted by atomic mass is 16.3. The average molecular weight is 235 g/mol. The Balaban J connectivity index is 2.10. The van der Waals surface area contributed by atoms with E-state index in [-0.39, 0.29) is 6.10 Å². The van der Waals surface area contributed by atoms with Gasteiger partial charge in [0.25, 0.3) is 0 Å². The van der Waals surface area contributed by atoms with Crippen LogP contribution in [0.5, 0.6) is 0 Å². The molecule has 1 fully saturated rings. The first-order valence-corrected chi connectivity index (χ1v) is 5.38. The lowest BCUT2D eigenvalue weighted by molar-refractivity contribution is 0.198. The number of rotatable bonds is 2. The molecule has 1 aliphatic heterocycles. The van der Waals surface area contributed by atoms with E-state index in [9.17, 15) is 5.11 Å². The average Bonchev–Trinajstić information content (AvgIpc) is 2.95. The van der Waals surface area contributed by atoms with Gasteiger partial charge in [-0.25, -0.2) is 5.84 Å². The number of fused-ring (bicyclic) bond motifs is 1. The minimum Gasteiger partial charge on any atom is -0.391 e. The van der Waals surface area contributed by atoms with Crippen molar-refractivity contribution in [3.63, 3.8) is 0 Å². The molecular weight excluding hydrogens is 222 g/mol. The number of β-amino-alcohol motifs (C(OH)–C–C–N with tert-alkyl or cyclic N) is 1. The molecule has 1 unspecified atom stereocenters. The maximum absolute atomic E-state index is 9.56. The van der Waals surface area contributed by atoms with Crippen LogP contribution in [0.1, 0.15) is 6.42 Å². The molecule has 0 amide bonds. The Bertz CT molecular complexity index is 539. The Morgan fingerprint density at radius 2 is 2.41 bits per heavy atom.